The van der Waals surface area contributed by atoms with E-state index < -0.39 is 5.97 Å². The SMILES string of the molecule is CCN1CC[C@H](CC(=O)O)[C@H]1C(C)C. The predicted octanol–water partition coefficient (Wildman–Crippen LogP) is 1.83. The molecule has 0 bridgehead atoms. The van der Waals surface area contributed by atoms with Crippen molar-refractivity contribution in [3.05, 3.63) is 0 Å². The van der Waals surface area contributed by atoms with E-state index in [1.807, 2.05) is 0 Å². The van der Waals surface area contributed by atoms with Gasteiger partial charge in [-0.2, -0.15) is 0 Å². The third-order valence-corrected chi connectivity index (χ3v) is 3.22. The number of nitrogens with zero attached hydrogens (tertiary/aromatic N) is 1. The molecule has 0 spiro atoms. The van der Waals surface area contributed by atoms with Crippen LogP contribution in [0.4, 0.5) is 0 Å². The minimum absolute atomic E-state index is 0.333. The molecule has 3 heteroatoms. The van der Waals surface area contributed by atoms with Gasteiger partial charge in [-0.3, -0.25) is 4.79 Å². The lowest BCUT2D eigenvalue weighted by Gasteiger charge is -2.30. The first-order valence-corrected chi connectivity index (χ1v) is 5.52. The standard InChI is InChI=1S/C11H21NO2/c1-4-12-6-5-9(7-10(13)14)11(12)8(2)3/h8-9,11H,4-7H2,1-3H3,(H,13,14)/t9-,11-/m1/s1. The van der Waals surface area contributed by atoms with Crippen molar-refractivity contribution in [2.75, 3.05) is 13.1 Å². The van der Waals surface area contributed by atoms with Gasteiger partial charge in [-0.25, -0.2) is 0 Å². The largest absolute Gasteiger partial charge is 0.481 e. The normalized spacial score (nSPS) is 28.6. The maximum Gasteiger partial charge on any atom is 0.303 e. The van der Waals surface area contributed by atoms with Gasteiger partial charge in [0.15, 0.2) is 0 Å². The zero-order chi connectivity index (χ0) is 10.7. The average Bonchev–Trinajstić information content (AvgIpc) is 2.46. The van der Waals surface area contributed by atoms with E-state index in [0.717, 1.165) is 19.5 Å². The Labute approximate surface area is 86.1 Å². The predicted molar refractivity (Wildman–Crippen MR) is 56.2 cm³/mol. The lowest BCUT2D eigenvalue weighted by atomic mass is 9.89. The zero-order valence-corrected chi connectivity index (χ0v) is 9.36. The molecule has 3 nitrogen and oxygen atoms in total. The Morgan fingerprint density at radius 2 is 2.21 bits per heavy atom. The Balaban J connectivity index is 2.63. The summed E-state index contributed by atoms with van der Waals surface area (Å²) in [5, 5.41) is 8.81. The van der Waals surface area contributed by atoms with E-state index in [9.17, 15) is 4.79 Å². The Morgan fingerprint density at radius 3 is 2.64 bits per heavy atom. The number of hydrogen-bond acceptors (Lipinski definition) is 2. The topological polar surface area (TPSA) is 40.5 Å². The Morgan fingerprint density at radius 1 is 1.57 bits per heavy atom. The van der Waals surface area contributed by atoms with E-state index in [1.165, 1.54) is 0 Å². The summed E-state index contributed by atoms with van der Waals surface area (Å²) < 4.78 is 0. The summed E-state index contributed by atoms with van der Waals surface area (Å²) in [6.45, 7) is 8.63. The highest BCUT2D eigenvalue weighted by Gasteiger charge is 2.35. The third kappa shape index (κ3) is 2.47. The molecule has 0 aromatic rings. The molecule has 0 radical (unpaired) electrons. The number of carboxylic acids is 1. The number of rotatable bonds is 4. The van der Waals surface area contributed by atoms with Gasteiger partial charge >= 0.3 is 5.97 Å². The van der Waals surface area contributed by atoms with Gasteiger partial charge in [-0.15, -0.1) is 0 Å². The van der Waals surface area contributed by atoms with Crippen molar-refractivity contribution in [1.82, 2.24) is 4.90 Å². The van der Waals surface area contributed by atoms with Crippen molar-refractivity contribution in [2.45, 2.75) is 39.7 Å². The number of aliphatic carboxylic acids is 1. The van der Waals surface area contributed by atoms with Crippen molar-refractivity contribution >= 4 is 5.97 Å². The van der Waals surface area contributed by atoms with Crippen LogP contribution >= 0.6 is 0 Å². The van der Waals surface area contributed by atoms with Crippen LogP contribution in [0, 0.1) is 11.8 Å². The maximum absolute atomic E-state index is 10.7. The van der Waals surface area contributed by atoms with E-state index in [1.54, 1.807) is 0 Å². The number of hydrogen-bond donors (Lipinski definition) is 1. The molecule has 0 saturated carbocycles. The molecule has 0 amide bonds. The minimum Gasteiger partial charge on any atom is -0.481 e. The fourth-order valence-corrected chi connectivity index (χ4v) is 2.73. The first-order valence-electron chi connectivity index (χ1n) is 5.52. The van der Waals surface area contributed by atoms with Crippen LogP contribution in [0.2, 0.25) is 0 Å². The van der Waals surface area contributed by atoms with E-state index in [0.29, 0.717) is 24.3 Å². The van der Waals surface area contributed by atoms with Crippen molar-refractivity contribution in [3.8, 4) is 0 Å². The molecule has 1 aliphatic heterocycles. The van der Waals surface area contributed by atoms with Gasteiger partial charge in [0.25, 0.3) is 0 Å². The van der Waals surface area contributed by atoms with Gasteiger partial charge in [0.2, 0.25) is 0 Å². The average molecular weight is 199 g/mol. The Kier molecular flexibility index (Phi) is 3.93. The van der Waals surface area contributed by atoms with Crippen molar-refractivity contribution in [3.63, 3.8) is 0 Å². The van der Waals surface area contributed by atoms with E-state index >= 15 is 0 Å². The summed E-state index contributed by atoms with van der Waals surface area (Å²) in [4.78, 5) is 13.1. The molecular weight excluding hydrogens is 178 g/mol. The molecule has 0 aromatic heterocycles. The summed E-state index contributed by atoms with van der Waals surface area (Å²) in [7, 11) is 0. The Hall–Kier alpha value is -0.570. The molecule has 1 fully saturated rings. The van der Waals surface area contributed by atoms with Crippen LogP contribution in [-0.4, -0.2) is 35.1 Å². The van der Waals surface area contributed by atoms with Crippen LogP contribution in [0.3, 0.4) is 0 Å². The van der Waals surface area contributed by atoms with Crippen LogP contribution in [0.25, 0.3) is 0 Å². The van der Waals surface area contributed by atoms with Gasteiger partial charge in [0.05, 0.1) is 0 Å². The highest BCUT2D eigenvalue weighted by molar-refractivity contribution is 5.67. The fourth-order valence-electron chi connectivity index (χ4n) is 2.73. The second-order valence-electron chi connectivity index (χ2n) is 4.51. The van der Waals surface area contributed by atoms with Gasteiger partial charge in [-0.05, 0) is 31.3 Å². The summed E-state index contributed by atoms with van der Waals surface area (Å²) in [5.74, 6) is 0.257. The maximum atomic E-state index is 10.7. The number of carboxylic acid groups (broad SMARTS) is 1. The van der Waals surface area contributed by atoms with Crippen LogP contribution < -0.4 is 0 Å². The third-order valence-electron chi connectivity index (χ3n) is 3.22. The van der Waals surface area contributed by atoms with E-state index in [-0.39, 0.29) is 0 Å². The van der Waals surface area contributed by atoms with Crippen molar-refractivity contribution in [2.24, 2.45) is 11.8 Å². The van der Waals surface area contributed by atoms with Gasteiger partial charge in [0, 0.05) is 12.5 Å². The summed E-state index contributed by atoms with van der Waals surface area (Å²) in [6.07, 6.45) is 1.38. The van der Waals surface area contributed by atoms with Gasteiger partial charge in [-0.1, -0.05) is 20.8 Å². The number of likely N-dealkylation sites (tertiary alicyclic amines) is 1. The van der Waals surface area contributed by atoms with E-state index in [2.05, 4.69) is 25.7 Å². The van der Waals surface area contributed by atoms with Crippen molar-refractivity contribution < 1.29 is 9.90 Å². The monoisotopic (exact) mass is 199 g/mol. The van der Waals surface area contributed by atoms with Crippen molar-refractivity contribution in [1.29, 1.82) is 0 Å². The molecular formula is C11H21NO2. The lowest BCUT2D eigenvalue weighted by molar-refractivity contribution is -0.138. The smallest absolute Gasteiger partial charge is 0.303 e. The lowest BCUT2D eigenvalue weighted by Crippen LogP contribution is -2.37. The van der Waals surface area contributed by atoms with Gasteiger partial charge in [0.1, 0.15) is 0 Å². The number of carbonyl (C=O) groups is 1. The molecule has 0 aromatic carbocycles. The molecule has 0 aliphatic carbocycles. The molecule has 2 atom stereocenters. The molecule has 0 unspecified atom stereocenters. The summed E-state index contributed by atoms with van der Waals surface area (Å²) >= 11 is 0. The van der Waals surface area contributed by atoms with Crippen LogP contribution in [0.1, 0.15) is 33.6 Å². The van der Waals surface area contributed by atoms with Crippen LogP contribution in [0.15, 0.2) is 0 Å². The molecule has 1 aliphatic rings. The molecule has 1 saturated heterocycles. The highest BCUT2D eigenvalue weighted by Crippen LogP contribution is 2.31. The zero-order valence-electron chi connectivity index (χ0n) is 9.36. The molecule has 14 heavy (non-hydrogen) atoms. The molecule has 1 N–H and O–H groups in total. The van der Waals surface area contributed by atoms with Gasteiger partial charge < -0.3 is 10.0 Å². The highest BCUT2D eigenvalue weighted by atomic mass is 16.4. The first kappa shape index (κ1) is 11.5. The molecule has 1 rings (SSSR count). The minimum atomic E-state index is -0.654. The van der Waals surface area contributed by atoms with E-state index in [4.69, 9.17) is 5.11 Å². The second-order valence-corrected chi connectivity index (χ2v) is 4.51. The van der Waals surface area contributed by atoms with Crippen LogP contribution in [0.5, 0.6) is 0 Å². The van der Waals surface area contributed by atoms with Crippen LogP contribution in [-0.2, 0) is 4.79 Å². The summed E-state index contributed by atoms with van der Waals surface area (Å²) in [5.41, 5.74) is 0. The Bertz CT molecular complexity index is 203. The quantitative estimate of drug-likeness (QED) is 0.751. The first-order chi connectivity index (χ1) is 6.56. The molecule has 82 valence electrons. The summed E-state index contributed by atoms with van der Waals surface area (Å²) in [6, 6.07) is 0.469. The second kappa shape index (κ2) is 4.78. The molecule has 1 heterocycles. The fraction of sp³-hybridized carbons (Fsp3) is 0.909.